The van der Waals surface area contributed by atoms with Crippen LogP contribution in [0.5, 0.6) is 0 Å². The number of thioether (sulfide) groups is 1. The summed E-state index contributed by atoms with van der Waals surface area (Å²) in [7, 11) is 0. The maximum atomic E-state index is 11.8. The lowest BCUT2D eigenvalue weighted by Crippen LogP contribution is -2.26. The van der Waals surface area contributed by atoms with Crippen molar-refractivity contribution in [3.8, 4) is 0 Å². The first kappa shape index (κ1) is 17.0. The van der Waals surface area contributed by atoms with Crippen LogP contribution in [-0.2, 0) is 10.5 Å². The molecule has 0 aliphatic heterocycles. The molecule has 2 aromatic heterocycles. The summed E-state index contributed by atoms with van der Waals surface area (Å²) in [6.07, 6.45) is 3.86. The van der Waals surface area contributed by atoms with Crippen LogP contribution >= 0.6 is 23.1 Å². The Morgan fingerprint density at radius 2 is 2.32 bits per heavy atom. The van der Waals surface area contributed by atoms with Crippen LogP contribution in [-0.4, -0.2) is 27.6 Å². The highest BCUT2D eigenvalue weighted by molar-refractivity contribution is 7.99. The number of hydrogen-bond acceptors (Lipinski definition) is 5. The summed E-state index contributed by atoms with van der Waals surface area (Å²) in [6, 6.07) is 1.53. The molecule has 1 N–H and O–H groups in total. The van der Waals surface area contributed by atoms with Crippen LogP contribution in [0.4, 0.5) is 0 Å². The first-order valence-corrected chi connectivity index (χ1v) is 9.40. The Bertz CT molecular complexity index is 679. The fraction of sp³-hybridized carbons (Fsp3) is 0.533. The Morgan fingerprint density at radius 1 is 1.50 bits per heavy atom. The molecule has 0 saturated carbocycles. The van der Waals surface area contributed by atoms with E-state index in [9.17, 15) is 9.59 Å². The number of thiazole rings is 1. The summed E-state index contributed by atoms with van der Waals surface area (Å²) in [5, 5.41) is 4.76. The zero-order valence-electron chi connectivity index (χ0n) is 12.9. The Hall–Kier alpha value is -1.34. The molecule has 0 radical (unpaired) electrons. The number of nitrogens with one attached hydrogen (secondary N) is 1. The molecule has 0 fully saturated rings. The molecule has 7 heteroatoms. The largest absolute Gasteiger partial charge is 0.355 e. The van der Waals surface area contributed by atoms with Gasteiger partial charge in [-0.1, -0.05) is 13.8 Å². The molecule has 2 rings (SSSR count). The van der Waals surface area contributed by atoms with E-state index in [4.69, 9.17) is 0 Å². The normalized spacial score (nSPS) is 11.2. The van der Waals surface area contributed by atoms with Gasteiger partial charge >= 0.3 is 0 Å². The van der Waals surface area contributed by atoms with E-state index in [1.54, 1.807) is 6.20 Å². The van der Waals surface area contributed by atoms with E-state index in [0.29, 0.717) is 22.4 Å². The highest BCUT2D eigenvalue weighted by Gasteiger charge is 2.06. The van der Waals surface area contributed by atoms with E-state index in [0.717, 1.165) is 25.1 Å². The maximum absolute atomic E-state index is 11.8. The van der Waals surface area contributed by atoms with Crippen LogP contribution in [0, 0.1) is 5.92 Å². The van der Waals surface area contributed by atoms with Gasteiger partial charge in [-0.15, -0.1) is 23.1 Å². The van der Waals surface area contributed by atoms with Crippen molar-refractivity contribution in [1.82, 2.24) is 14.7 Å². The standard InChI is InChI=1S/C15H21N3O2S2/c1-11(2)4-3-5-16-13(19)10-21-9-12-8-14(20)18-6-7-22-15(18)17-12/h6-8,11H,3-5,9-10H2,1-2H3,(H,16,19). The molecule has 22 heavy (non-hydrogen) atoms. The molecule has 120 valence electrons. The number of carbonyl (C=O) groups excluding carboxylic acids is 1. The van der Waals surface area contributed by atoms with E-state index in [2.05, 4.69) is 24.1 Å². The van der Waals surface area contributed by atoms with Gasteiger partial charge in [-0.05, 0) is 18.8 Å². The summed E-state index contributed by atoms with van der Waals surface area (Å²) in [5.41, 5.74) is 0.657. The van der Waals surface area contributed by atoms with Crippen LogP contribution < -0.4 is 10.9 Å². The van der Waals surface area contributed by atoms with Gasteiger partial charge in [0.2, 0.25) is 5.91 Å². The zero-order valence-corrected chi connectivity index (χ0v) is 14.5. The fourth-order valence-corrected chi connectivity index (χ4v) is 3.48. The predicted octanol–water partition coefficient (Wildman–Crippen LogP) is 2.54. The maximum Gasteiger partial charge on any atom is 0.258 e. The van der Waals surface area contributed by atoms with E-state index in [-0.39, 0.29) is 11.5 Å². The smallest absolute Gasteiger partial charge is 0.258 e. The van der Waals surface area contributed by atoms with Crippen molar-refractivity contribution >= 4 is 34.0 Å². The molecular formula is C15H21N3O2S2. The van der Waals surface area contributed by atoms with Gasteiger partial charge in [0.05, 0.1) is 11.4 Å². The Morgan fingerprint density at radius 3 is 3.09 bits per heavy atom. The molecule has 0 aliphatic carbocycles. The predicted molar refractivity (Wildman–Crippen MR) is 92.6 cm³/mol. The van der Waals surface area contributed by atoms with E-state index in [1.165, 1.54) is 33.6 Å². The first-order chi connectivity index (χ1) is 10.6. The highest BCUT2D eigenvalue weighted by atomic mass is 32.2. The van der Waals surface area contributed by atoms with Gasteiger partial charge in [-0.3, -0.25) is 14.0 Å². The number of nitrogens with zero attached hydrogens (tertiary/aromatic N) is 2. The Kier molecular flexibility index (Phi) is 6.45. The molecule has 5 nitrogen and oxygen atoms in total. The third-order valence-electron chi connectivity index (χ3n) is 3.12. The quantitative estimate of drug-likeness (QED) is 0.751. The van der Waals surface area contributed by atoms with Gasteiger partial charge in [-0.25, -0.2) is 4.98 Å². The molecule has 2 heterocycles. The van der Waals surface area contributed by atoms with Crippen LogP contribution in [0.1, 0.15) is 32.4 Å². The van der Waals surface area contributed by atoms with Crippen molar-refractivity contribution in [1.29, 1.82) is 0 Å². The molecule has 0 spiro atoms. The molecule has 0 aliphatic rings. The van der Waals surface area contributed by atoms with Gasteiger partial charge in [0.25, 0.3) is 5.56 Å². The van der Waals surface area contributed by atoms with Gasteiger partial charge in [0, 0.05) is 29.9 Å². The molecular weight excluding hydrogens is 318 g/mol. The second-order valence-corrected chi connectivity index (χ2v) is 7.38. The van der Waals surface area contributed by atoms with Crippen molar-refractivity contribution in [2.75, 3.05) is 12.3 Å². The Balaban J connectivity index is 1.73. The molecule has 2 aromatic rings. The summed E-state index contributed by atoms with van der Waals surface area (Å²) in [4.78, 5) is 28.6. The Labute approximate surface area is 138 Å². The lowest BCUT2D eigenvalue weighted by atomic mass is 10.1. The number of fused-ring (bicyclic) bond motifs is 1. The number of hydrogen-bond donors (Lipinski definition) is 1. The molecule has 0 atom stereocenters. The van der Waals surface area contributed by atoms with Crippen molar-refractivity contribution in [3.05, 3.63) is 33.7 Å². The fourth-order valence-electron chi connectivity index (χ4n) is 2.00. The molecule has 0 unspecified atom stereocenters. The molecule has 1 amide bonds. The summed E-state index contributed by atoms with van der Waals surface area (Å²) in [5.74, 6) is 1.68. The monoisotopic (exact) mass is 339 g/mol. The van der Waals surface area contributed by atoms with Crippen molar-refractivity contribution in [2.24, 2.45) is 5.92 Å². The van der Waals surface area contributed by atoms with Crippen molar-refractivity contribution in [3.63, 3.8) is 0 Å². The molecule has 0 aromatic carbocycles. The van der Waals surface area contributed by atoms with E-state index < -0.39 is 0 Å². The summed E-state index contributed by atoms with van der Waals surface area (Å²) >= 11 is 2.92. The van der Waals surface area contributed by atoms with Gasteiger partial charge < -0.3 is 5.32 Å². The number of amides is 1. The number of rotatable bonds is 8. The van der Waals surface area contributed by atoms with Gasteiger partial charge in [-0.2, -0.15) is 0 Å². The second-order valence-electron chi connectivity index (χ2n) is 5.52. The zero-order chi connectivity index (χ0) is 15.9. The van der Waals surface area contributed by atoms with Crippen LogP contribution in [0.25, 0.3) is 4.96 Å². The number of aromatic nitrogens is 2. The van der Waals surface area contributed by atoms with Crippen LogP contribution in [0.2, 0.25) is 0 Å². The van der Waals surface area contributed by atoms with E-state index in [1.807, 2.05) is 5.38 Å². The average Bonchev–Trinajstić information content (AvgIpc) is 2.92. The second kappa shape index (κ2) is 8.33. The summed E-state index contributed by atoms with van der Waals surface area (Å²) < 4.78 is 1.53. The van der Waals surface area contributed by atoms with Gasteiger partial charge in [0.15, 0.2) is 4.96 Å². The minimum atomic E-state index is -0.0695. The average molecular weight is 339 g/mol. The minimum absolute atomic E-state index is 0.0441. The third kappa shape index (κ3) is 5.14. The van der Waals surface area contributed by atoms with Crippen molar-refractivity contribution < 1.29 is 4.79 Å². The SMILES string of the molecule is CC(C)CCCNC(=O)CSCc1cc(=O)n2ccsc2n1. The minimum Gasteiger partial charge on any atom is -0.355 e. The van der Waals surface area contributed by atoms with Crippen molar-refractivity contribution in [2.45, 2.75) is 32.4 Å². The lowest BCUT2D eigenvalue weighted by molar-refractivity contribution is -0.118. The van der Waals surface area contributed by atoms with E-state index >= 15 is 0 Å². The topological polar surface area (TPSA) is 63.5 Å². The third-order valence-corrected chi connectivity index (χ3v) is 4.84. The van der Waals surface area contributed by atoms with Crippen LogP contribution in [0.3, 0.4) is 0 Å². The lowest BCUT2D eigenvalue weighted by Gasteiger charge is -2.06. The number of carbonyl (C=O) groups is 1. The molecule has 0 bridgehead atoms. The molecule has 0 saturated heterocycles. The van der Waals surface area contributed by atoms with Gasteiger partial charge in [0.1, 0.15) is 0 Å². The highest BCUT2D eigenvalue weighted by Crippen LogP contribution is 2.12. The first-order valence-electron chi connectivity index (χ1n) is 7.36. The summed E-state index contributed by atoms with van der Waals surface area (Å²) in [6.45, 7) is 5.09. The van der Waals surface area contributed by atoms with Crippen LogP contribution in [0.15, 0.2) is 22.4 Å².